The Kier molecular flexibility index (Phi) is 5.95. The van der Waals surface area contributed by atoms with Crippen molar-refractivity contribution in [3.63, 3.8) is 0 Å². The highest BCUT2D eigenvalue weighted by molar-refractivity contribution is 5.93. The third kappa shape index (κ3) is 4.99. The summed E-state index contributed by atoms with van der Waals surface area (Å²) in [6.07, 6.45) is 1.02. The second-order valence-electron chi connectivity index (χ2n) is 4.33. The van der Waals surface area contributed by atoms with Crippen molar-refractivity contribution in [2.24, 2.45) is 0 Å². The molecular weight excluding hydrogens is 268 g/mol. The van der Waals surface area contributed by atoms with E-state index in [2.05, 4.69) is 5.32 Å². The molecule has 0 aliphatic carbocycles. The maximum absolute atomic E-state index is 11.0. The predicted octanol–water partition coefficient (Wildman–Crippen LogP) is 2.45. The third-order valence-corrected chi connectivity index (χ3v) is 2.71. The van der Waals surface area contributed by atoms with E-state index in [0.29, 0.717) is 11.1 Å². The van der Waals surface area contributed by atoms with Crippen LogP contribution in [0.4, 0.5) is 0 Å². The van der Waals surface area contributed by atoms with Crippen molar-refractivity contribution in [2.45, 2.75) is 6.92 Å². The number of phenolic OH excluding ortho intramolecular Hbond substituents is 2. The number of aromatic hydroxyl groups is 2. The van der Waals surface area contributed by atoms with Gasteiger partial charge in [-0.05, 0) is 31.2 Å². The van der Waals surface area contributed by atoms with Gasteiger partial charge in [-0.25, -0.2) is 0 Å². The Morgan fingerprint density at radius 3 is 2.24 bits per heavy atom. The van der Waals surface area contributed by atoms with Gasteiger partial charge in [0.15, 0.2) is 0 Å². The number of rotatable bonds is 2. The normalized spacial score (nSPS) is 9.24. The van der Waals surface area contributed by atoms with Crippen molar-refractivity contribution >= 4 is 12.1 Å². The first-order valence-corrected chi connectivity index (χ1v) is 6.29. The third-order valence-electron chi connectivity index (χ3n) is 2.71. The SMILES string of the molecule is CNC(=O)c1ccc(C)cc1.N=Cc1ccc(O)cc1O. The summed E-state index contributed by atoms with van der Waals surface area (Å²) < 4.78 is 0. The molecule has 0 bridgehead atoms. The monoisotopic (exact) mass is 286 g/mol. The van der Waals surface area contributed by atoms with E-state index >= 15 is 0 Å². The van der Waals surface area contributed by atoms with Gasteiger partial charge in [0.1, 0.15) is 11.5 Å². The number of hydrogen-bond donors (Lipinski definition) is 4. The summed E-state index contributed by atoms with van der Waals surface area (Å²) in [5, 5.41) is 27.1. The van der Waals surface area contributed by atoms with Gasteiger partial charge in [0.2, 0.25) is 0 Å². The van der Waals surface area contributed by atoms with Gasteiger partial charge in [0.25, 0.3) is 5.91 Å². The Morgan fingerprint density at radius 1 is 1.14 bits per heavy atom. The molecule has 110 valence electrons. The smallest absolute Gasteiger partial charge is 0.251 e. The maximum atomic E-state index is 11.0. The topological polar surface area (TPSA) is 93.4 Å². The second kappa shape index (κ2) is 7.69. The fraction of sp³-hybridized carbons (Fsp3) is 0.125. The average molecular weight is 286 g/mol. The van der Waals surface area contributed by atoms with Crippen LogP contribution in [-0.4, -0.2) is 29.4 Å². The summed E-state index contributed by atoms with van der Waals surface area (Å²) in [5.41, 5.74) is 2.27. The van der Waals surface area contributed by atoms with Crippen LogP contribution in [0.15, 0.2) is 42.5 Å². The van der Waals surface area contributed by atoms with Crippen LogP contribution in [0, 0.1) is 12.3 Å². The molecular formula is C16H18N2O3. The van der Waals surface area contributed by atoms with Crippen molar-refractivity contribution in [2.75, 3.05) is 7.05 Å². The maximum Gasteiger partial charge on any atom is 0.251 e. The molecule has 21 heavy (non-hydrogen) atoms. The molecule has 0 saturated carbocycles. The number of carbonyl (C=O) groups excluding carboxylic acids is 1. The van der Waals surface area contributed by atoms with E-state index in [1.807, 2.05) is 31.2 Å². The van der Waals surface area contributed by atoms with Crippen LogP contribution in [0.1, 0.15) is 21.5 Å². The van der Waals surface area contributed by atoms with Crippen molar-refractivity contribution in [3.05, 3.63) is 59.2 Å². The summed E-state index contributed by atoms with van der Waals surface area (Å²) in [5.74, 6) is -0.108. The Balaban J connectivity index is 0.000000211. The van der Waals surface area contributed by atoms with Gasteiger partial charge in [0, 0.05) is 30.5 Å². The van der Waals surface area contributed by atoms with Crippen molar-refractivity contribution in [3.8, 4) is 11.5 Å². The minimum absolute atomic E-state index is 0.00287. The molecule has 5 nitrogen and oxygen atoms in total. The molecule has 0 aromatic heterocycles. The molecule has 1 amide bonds. The molecule has 0 saturated heterocycles. The summed E-state index contributed by atoms with van der Waals surface area (Å²) in [7, 11) is 1.63. The molecule has 0 radical (unpaired) electrons. The van der Waals surface area contributed by atoms with Crippen LogP contribution in [-0.2, 0) is 0 Å². The second-order valence-corrected chi connectivity index (χ2v) is 4.33. The van der Waals surface area contributed by atoms with E-state index in [4.69, 9.17) is 15.6 Å². The molecule has 2 aromatic rings. The number of carbonyl (C=O) groups is 1. The highest BCUT2D eigenvalue weighted by Gasteiger charge is 1.99. The van der Waals surface area contributed by atoms with Gasteiger partial charge in [-0.3, -0.25) is 4.79 Å². The molecule has 2 rings (SSSR count). The molecule has 2 aromatic carbocycles. The Bertz CT molecular complexity index is 622. The Hall–Kier alpha value is -2.82. The zero-order valence-corrected chi connectivity index (χ0v) is 11.9. The van der Waals surface area contributed by atoms with Crippen molar-refractivity contribution in [1.29, 1.82) is 5.41 Å². The molecule has 0 atom stereocenters. The molecule has 0 spiro atoms. The van der Waals surface area contributed by atoms with Crippen LogP contribution in [0.3, 0.4) is 0 Å². The number of phenols is 2. The van der Waals surface area contributed by atoms with Gasteiger partial charge in [0.05, 0.1) is 0 Å². The standard InChI is InChI=1S/C9H11NO.C7H7NO2/c1-7-3-5-8(6-4-7)9(11)10-2;8-4-5-1-2-6(9)3-7(5)10/h3-6H,1-2H3,(H,10,11);1-4,8-10H. The van der Waals surface area contributed by atoms with E-state index in [9.17, 15) is 4.79 Å². The first-order valence-electron chi connectivity index (χ1n) is 6.29. The van der Waals surface area contributed by atoms with Gasteiger partial charge >= 0.3 is 0 Å². The summed E-state index contributed by atoms with van der Waals surface area (Å²) in [4.78, 5) is 11.0. The molecule has 4 N–H and O–H groups in total. The van der Waals surface area contributed by atoms with Crippen LogP contribution in [0.5, 0.6) is 11.5 Å². The summed E-state index contributed by atoms with van der Waals surface area (Å²) in [6, 6.07) is 11.6. The van der Waals surface area contributed by atoms with E-state index < -0.39 is 0 Å². The zero-order chi connectivity index (χ0) is 15.8. The molecule has 0 fully saturated rings. The number of hydrogen-bond acceptors (Lipinski definition) is 4. The van der Waals surface area contributed by atoms with E-state index in [1.165, 1.54) is 18.2 Å². The molecule has 0 aliphatic heterocycles. The lowest BCUT2D eigenvalue weighted by atomic mass is 10.1. The highest BCUT2D eigenvalue weighted by Crippen LogP contribution is 2.20. The highest BCUT2D eigenvalue weighted by atomic mass is 16.3. The Morgan fingerprint density at radius 2 is 1.76 bits per heavy atom. The van der Waals surface area contributed by atoms with Gasteiger partial charge in [-0.1, -0.05) is 17.7 Å². The first-order chi connectivity index (χ1) is 9.97. The lowest BCUT2D eigenvalue weighted by molar-refractivity contribution is 0.0963. The zero-order valence-electron chi connectivity index (χ0n) is 11.9. The van der Waals surface area contributed by atoms with Gasteiger partial charge < -0.3 is 20.9 Å². The molecule has 0 unspecified atom stereocenters. The largest absolute Gasteiger partial charge is 0.508 e. The summed E-state index contributed by atoms with van der Waals surface area (Å²) >= 11 is 0. The molecule has 5 heteroatoms. The summed E-state index contributed by atoms with van der Waals surface area (Å²) in [6.45, 7) is 1.99. The van der Waals surface area contributed by atoms with E-state index in [-0.39, 0.29) is 17.4 Å². The fourth-order valence-corrected chi connectivity index (χ4v) is 1.50. The van der Waals surface area contributed by atoms with E-state index in [1.54, 1.807) is 7.05 Å². The lowest BCUT2D eigenvalue weighted by Gasteiger charge is -1.98. The van der Waals surface area contributed by atoms with Crippen LogP contribution >= 0.6 is 0 Å². The van der Waals surface area contributed by atoms with Crippen molar-refractivity contribution < 1.29 is 15.0 Å². The Labute approximate surface area is 123 Å². The lowest BCUT2D eigenvalue weighted by Crippen LogP contribution is -2.17. The number of nitrogens with one attached hydrogen (secondary N) is 2. The quantitative estimate of drug-likeness (QED) is 0.639. The number of aryl methyl sites for hydroxylation is 1. The van der Waals surface area contributed by atoms with Gasteiger partial charge in [-0.2, -0.15) is 0 Å². The first kappa shape index (κ1) is 16.2. The minimum atomic E-state index is -0.0741. The van der Waals surface area contributed by atoms with E-state index in [0.717, 1.165) is 11.8 Å². The number of amides is 1. The number of benzene rings is 2. The predicted molar refractivity (Wildman–Crippen MR) is 82.2 cm³/mol. The molecule has 0 heterocycles. The fourth-order valence-electron chi connectivity index (χ4n) is 1.50. The van der Waals surface area contributed by atoms with Crippen LogP contribution < -0.4 is 5.32 Å². The van der Waals surface area contributed by atoms with Gasteiger partial charge in [-0.15, -0.1) is 0 Å². The minimum Gasteiger partial charge on any atom is -0.508 e. The molecule has 0 aliphatic rings. The van der Waals surface area contributed by atoms with Crippen LogP contribution in [0.2, 0.25) is 0 Å². The average Bonchev–Trinajstić information content (AvgIpc) is 2.48. The van der Waals surface area contributed by atoms with Crippen molar-refractivity contribution in [1.82, 2.24) is 5.32 Å². The van der Waals surface area contributed by atoms with Crippen LogP contribution in [0.25, 0.3) is 0 Å².